The minimum atomic E-state index is -0.334. The Hall–Kier alpha value is -2.89. The minimum Gasteiger partial charge on any atom is -0.497 e. The molecule has 0 spiro atoms. The number of anilines is 1. The maximum absolute atomic E-state index is 12.9. The van der Waals surface area contributed by atoms with Crippen LogP contribution in [0.25, 0.3) is 0 Å². The molecule has 0 atom stereocenters. The molecule has 0 unspecified atom stereocenters. The Morgan fingerprint density at radius 1 is 1.16 bits per heavy atom. The Balaban J connectivity index is 1.89. The molecule has 0 saturated carbocycles. The van der Waals surface area contributed by atoms with Crippen LogP contribution in [0.1, 0.15) is 12.5 Å². The second kappa shape index (κ2) is 8.82. The first kappa shape index (κ1) is 18.4. The number of benzene rings is 2. The number of ether oxygens (including phenoxy) is 1. The number of carbonyl (C=O) groups is 2. The van der Waals surface area contributed by atoms with Gasteiger partial charge in [0.1, 0.15) is 11.6 Å². The van der Waals surface area contributed by atoms with Gasteiger partial charge in [0.05, 0.1) is 13.5 Å². The Morgan fingerprint density at radius 2 is 1.88 bits per heavy atom. The van der Waals surface area contributed by atoms with Crippen LogP contribution in [0.15, 0.2) is 48.5 Å². The molecule has 0 fully saturated rings. The highest BCUT2D eigenvalue weighted by molar-refractivity contribution is 5.91. The second-order valence-corrected chi connectivity index (χ2v) is 5.53. The third-order valence-electron chi connectivity index (χ3n) is 3.68. The number of methoxy groups -OCH3 is 1. The highest BCUT2D eigenvalue weighted by Crippen LogP contribution is 2.20. The van der Waals surface area contributed by atoms with Gasteiger partial charge in [0.25, 0.3) is 0 Å². The SMILES string of the molecule is COc1cccc(N(CCNC(=O)Cc2ccc(F)cc2)C(C)=O)c1. The first-order valence-corrected chi connectivity index (χ1v) is 7.93. The lowest BCUT2D eigenvalue weighted by molar-refractivity contribution is -0.121. The molecule has 25 heavy (non-hydrogen) atoms. The summed E-state index contributed by atoms with van der Waals surface area (Å²) in [5.41, 5.74) is 1.44. The van der Waals surface area contributed by atoms with Crippen molar-refractivity contribution in [2.45, 2.75) is 13.3 Å². The molecule has 132 valence electrons. The van der Waals surface area contributed by atoms with E-state index in [0.29, 0.717) is 24.5 Å². The summed E-state index contributed by atoms with van der Waals surface area (Å²) in [6.45, 7) is 2.13. The lowest BCUT2D eigenvalue weighted by Crippen LogP contribution is -2.38. The number of hydrogen-bond acceptors (Lipinski definition) is 3. The molecule has 2 aromatic rings. The van der Waals surface area contributed by atoms with Crippen molar-refractivity contribution in [3.8, 4) is 5.75 Å². The molecule has 2 aromatic carbocycles. The number of nitrogens with one attached hydrogen (secondary N) is 1. The van der Waals surface area contributed by atoms with Crippen molar-refractivity contribution < 1.29 is 18.7 Å². The zero-order valence-corrected chi connectivity index (χ0v) is 14.3. The van der Waals surface area contributed by atoms with Gasteiger partial charge in [-0.2, -0.15) is 0 Å². The average Bonchev–Trinajstić information content (AvgIpc) is 2.60. The Kier molecular flexibility index (Phi) is 6.51. The Bertz CT molecular complexity index is 732. The van der Waals surface area contributed by atoms with Crippen LogP contribution in [-0.2, 0) is 16.0 Å². The maximum atomic E-state index is 12.9. The summed E-state index contributed by atoms with van der Waals surface area (Å²) < 4.78 is 18.0. The van der Waals surface area contributed by atoms with Gasteiger partial charge < -0.3 is 15.0 Å². The summed E-state index contributed by atoms with van der Waals surface area (Å²) in [5, 5.41) is 2.77. The van der Waals surface area contributed by atoms with Gasteiger partial charge in [-0.1, -0.05) is 18.2 Å². The molecule has 0 radical (unpaired) electrons. The van der Waals surface area contributed by atoms with Crippen LogP contribution in [-0.4, -0.2) is 32.0 Å². The molecule has 0 saturated heterocycles. The van der Waals surface area contributed by atoms with Crippen LogP contribution in [0, 0.1) is 5.82 Å². The van der Waals surface area contributed by atoms with Crippen LogP contribution in [0.3, 0.4) is 0 Å². The van der Waals surface area contributed by atoms with Crippen LogP contribution in [0.4, 0.5) is 10.1 Å². The van der Waals surface area contributed by atoms with E-state index in [1.165, 1.54) is 19.1 Å². The predicted molar refractivity (Wildman–Crippen MR) is 94.1 cm³/mol. The van der Waals surface area contributed by atoms with Gasteiger partial charge in [-0.15, -0.1) is 0 Å². The van der Waals surface area contributed by atoms with E-state index >= 15 is 0 Å². The second-order valence-electron chi connectivity index (χ2n) is 5.53. The fourth-order valence-electron chi connectivity index (χ4n) is 2.40. The van der Waals surface area contributed by atoms with Crippen molar-refractivity contribution >= 4 is 17.5 Å². The van der Waals surface area contributed by atoms with Crippen LogP contribution in [0.2, 0.25) is 0 Å². The van der Waals surface area contributed by atoms with Crippen molar-refractivity contribution in [1.82, 2.24) is 5.32 Å². The van der Waals surface area contributed by atoms with E-state index in [1.807, 2.05) is 6.07 Å². The maximum Gasteiger partial charge on any atom is 0.224 e. The normalized spacial score (nSPS) is 10.2. The van der Waals surface area contributed by atoms with E-state index in [4.69, 9.17) is 4.74 Å². The van der Waals surface area contributed by atoms with Gasteiger partial charge in [-0.05, 0) is 29.8 Å². The van der Waals surface area contributed by atoms with Gasteiger partial charge in [0.2, 0.25) is 11.8 Å². The number of hydrogen-bond donors (Lipinski definition) is 1. The topological polar surface area (TPSA) is 58.6 Å². The predicted octanol–water partition coefficient (Wildman–Crippen LogP) is 2.55. The van der Waals surface area contributed by atoms with Crippen molar-refractivity contribution in [2.75, 3.05) is 25.1 Å². The standard InChI is InChI=1S/C19H21FN2O3/c1-14(23)22(17-4-3-5-18(13-17)25-2)11-10-21-19(24)12-15-6-8-16(20)9-7-15/h3-9,13H,10-12H2,1-2H3,(H,21,24). The van der Waals surface area contributed by atoms with Gasteiger partial charge in [-0.3, -0.25) is 9.59 Å². The number of halogens is 1. The minimum absolute atomic E-state index is 0.124. The Morgan fingerprint density at radius 3 is 2.52 bits per heavy atom. The molecule has 5 nitrogen and oxygen atoms in total. The highest BCUT2D eigenvalue weighted by atomic mass is 19.1. The molecule has 6 heteroatoms. The highest BCUT2D eigenvalue weighted by Gasteiger charge is 2.12. The van der Waals surface area contributed by atoms with Crippen molar-refractivity contribution in [1.29, 1.82) is 0 Å². The van der Waals surface area contributed by atoms with Crippen molar-refractivity contribution in [3.63, 3.8) is 0 Å². The number of carbonyl (C=O) groups excluding carboxylic acids is 2. The van der Waals surface area contributed by atoms with E-state index < -0.39 is 0 Å². The molecule has 0 aliphatic carbocycles. The zero-order chi connectivity index (χ0) is 18.2. The molecular weight excluding hydrogens is 323 g/mol. The summed E-state index contributed by atoms with van der Waals surface area (Å²) >= 11 is 0. The van der Waals surface area contributed by atoms with E-state index in [9.17, 15) is 14.0 Å². The lowest BCUT2D eigenvalue weighted by atomic mass is 10.1. The lowest BCUT2D eigenvalue weighted by Gasteiger charge is -2.22. The van der Waals surface area contributed by atoms with Crippen molar-refractivity contribution in [2.24, 2.45) is 0 Å². The largest absolute Gasteiger partial charge is 0.497 e. The summed E-state index contributed by atoms with van der Waals surface area (Å²) in [6, 6.07) is 13.0. The van der Waals surface area contributed by atoms with E-state index in [-0.39, 0.29) is 24.1 Å². The summed E-state index contributed by atoms with van der Waals surface area (Å²) in [6.07, 6.45) is 0.166. The average molecular weight is 344 g/mol. The first-order chi connectivity index (χ1) is 12.0. The monoisotopic (exact) mass is 344 g/mol. The number of nitrogens with zero attached hydrogens (tertiary/aromatic N) is 1. The van der Waals surface area contributed by atoms with E-state index in [1.54, 1.807) is 42.3 Å². The van der Waals surface area contributed by atoms with Crippen LogP contribution < -0.4 is 15.0 Å². The van der Waals surface area contributed by atoms with E-state index in [2.05, 4.69) is 5.32 Å². The molecule has 0 aliphatic heterocycles. The van der Waals surface area contributed by atoms with E-state index in [0.717, 1.165) is 5.56 Å². The van der Waals surface area contributed by atoms with Crippen LogP contribution in [0.5, 0.6) is 5.75 Å². The summed E-state index contributed by atoms with van der Waals surface area (Å²) in [7, 11) is 1.56. The summed E-state index contributed by atoms with van der Waals surface area (Å²) in [5.74, 6) is 0.0189. The third kappa shape index (κ3) is 5.60. The van der Waals surface area contributed by atoms with Gasteiger partial charge >= 0.3 is 0 Å². The first-order valence-electron chi connectivity index (χ1n) is 7.93. The molecule has 0 aliphatic rings. The quantitative estimate of drug-likeness (QED) is 0.840. The smallest absolute Gasteiger partial charge is 0.224 e. The van der Waals surface area contributed by atoms with Gasteiger partial charge in [0, 0.05) is 31.8 Å². The number of rotatable bonds is 7. The third-order valence-corrected chi connectivity index (χ3v) is 3.68. The Labute approximate surface area is 146 Å². The van der Waals surface area contributed by atoms with Crippen LogP contribution >= 0.6 is 0 Å². The fraction of sp³-hybridized carbons (Fsp3) is 0.263. The fourth-order valence-corrected chi connectivity index (χ4v) is 2.40. The molecular formula is C19H21FN2O3. The molecule has 0 bridgehead atoms. The molecule has 2 rings (SSSR count). The molecule has 2 amide bonds. The zero-order valence-electron chi connectivity index (χ0n) is 14.3. The number of amides is 2. The van der Waals surface area contributed by atoms with Gasteiger partial charge in [0.15, 0.2) is 0 Å². The molecule has 1 N–H and O–H groups in total. The molecule has 0 heterocycles. The van der Waals surface area contributed by atoms with Gasteiger partial charge in [-0.25, -0.2) is 4.39 Å². The molecule has 0 aromatic heterocycles. The summed E-state index contributed by atoms with van der Waals surface area (Å²) in [4.78, 5) is 25.4. The van der Waals surface area contributed by atoms with Crippen molar-refractivity contribution in [3.05, 3.63) is 59.9 Å².